The molecule has 0 aromatic carbocycles. The number of carboxylic acids is 1. The highest BCUT2D eigenvalue weighted by atomic mass is 32.1. The topological polar surface area (TPSA) is 73.7 Å². The minimum atomic E-state index is -0.918. The standard InChI is InChI=1S/C11H15N3O3S/c1-2-9(15)13-6-3-4-8(10(16)17)14(13)11-12-5-7-18-11/h5,7-8H,2-4,6H2,1H3,(H,16,17). The predicted molar refractivity (Wildman–Crippen MR) is 67.3 cm³/mol. The second-order valence-electron chi connectivity index (χ2n) is 4.03. The van der Waals surface area contributed by atoms with E-state index in [2.05, 4.69) is 4.98 Å². The number of thiazole rings is 1. The van der Waals surface area contributed by atoms with Crippen LogP contribution in [0.15, 0.2) is 11.6 Å². The molecule has 1 amide bonds. The van der Waals surface area contributed by atoms with Gasteiger partial charge in [0, 0.05) is 24.5 Å². The van der Waals surface area contributed by atoms with Crippen molar-refractivity contribution in [2.45, 2.75) is 32.2 Å². The summed E-state index contributed by atoms with van der Waals surface area (Å²) >= 11 is 1.34. The number of hydrazine groups is 1. The van der Waals surface area contributed by atoms with Crippen molar-refractivity contribution in [3.05, 3.63) is 11.6 Å². The number of hydrogen-bond donors (Lipinski definition) is 1. The molecule has 1 N–H and O–H groups in total. The van der Waals surface area contributed by atoms with Crippen LogP contribution in [0.3, 0.4) is 0 Å². The average Bonchev–Trinajstić information content (AvgIpc) is 2.90. The monoisotopic (exact) mass is 269 g/mol. The summed E-state index contributed by atoms with van der Waals surface area (Å²) in [6.45, 7) is 2.32. The molecule has 1 aliphatic heterocycles. The van der Waals surface area contributed by atoms with E-state index in [1.807, 2.05) is 0 Å². The van der Waals surface area contributed by atoms with Crippen LogP contribution in [0.5, 0.6) is 0 Å². The van der Waals surface area contributed by atoms with Gasteiger partial charge in [0.25, 0.3) is 0 Å². The molecular formula is C11H15N3O3S. The van der Waals surface area contributed by atoms with Gasteiger partial charge in [-0.3, -0.25) is 9.80 Å². The van der Waals surface area contributed by atoms with Crippen molar-refractivity contribution in [1.82, 2.24) is 9.99 Å². The maximum Gasteiger partial charge on any atom is 0.328 e. The second kappa shape index (κ2) is 5.34. The Labute approximate surface area is 109 Å². The number of nitrogens with zero attached hydrogens (tertiary/aromatic N) is 3. The van der Waals surface area contributed by atoms with Crippen molar-refractivity contribution in [3.63, 3.8) is 0 Å². The Morgan fingerprint density at radius 2 is 2.39 bits per heavy atom. The zero-order valence-electron chi connectivity index (χ0n) is 10.1. The van der Waals surface area contributed by atoms with Gasteiger partial charge in [0.2, 0.25) is 11.0 Å². The molecule has 1 fully saturated rings. The van der Waals surface area contributed by atoms with Gasteiger partial charge in [-0.15, -0.1) is 11.3 Å². The Morgan fingerprint density at radius 3 is 2.94 bits per heavy atom. The van der Waals surface area contributed by atoms with Crippen LogP contribution in [0.2, 0.25) is 0 Å². The minimum absolute atomic E-state index is 0.0730. The number of rotatable bonds is 3. The summed E-state index contributed by atoms with van der Waals surface area (Å²) < 4.78 is 0. The van der Waals surface area contributed by atoms with Gasteiger partial charge in [-0.1, -0.05) is 6.92 Å². The fraction of sp³-hybridized carbons (Fsp3) is 0.545. The van der Waals surface area contributed by atoms with Crippen molar-refractivity contribution >= 4 is 28.3 Å². The van der Waals surface area contributed by atoms with Crippen LogP contribution < -0.4 is 5.01 Å². The number of carboxylic acid groups (broad SMARTS) is 1. The molecule has 1 unspecified atom stereocenters. The smallest absolute Gasteiger partial charge is 0.328 e. The van der Waals surface area contributed by atoms with Gasteiger partial charge >= 0.3 is 5.97 Å². The summed E-state index contributed by atoms with van der Waals surface area (Å²) in [5.74, 6) is -0.991. The Balaban J connectivity index is 2.34. The van der Waals surface area contributed by atoms with Crippen LogP contribution in [0.25, 0.3) is 0 Å². The van der Waals surface area contributed by atoms with E-state index in [9.17, 15) is 14.7 Å². The largest absolute Gasteiger partial charge is 0.480 e. The number of aliphatic carboxylic acids is 1. The molecule has 1 atom stereocenters. The Kier molecular flexibility index (Phi) is 3.81. The van der Waals surface area contributed by atoms with Gasteiger partial charge in [0.1, 0.15) is 0 Å². The van der Waals surface area contributed by atoms with E-state index in [1.54, 1.807) is 18.5 Å². The first-order chi connectivity index (χ1) is 8.65. The molecule has 2 rings (SSSR count). The van der Waals surface area contributed by atoms with E-state index in [4.69, 9.17) is 0 Å². The van der Waals surface area contributed by atoms with E-state index in [1.165, 1.54) is 21.4 Å². The second-order valence-corrected chi connectivity index (χ2v) is 4.90. The molecule has 2 heterocycles. The molecular weight excluding hydrogens is 254 g/mol. The summed E-state index contributed by atoms with van der Waals surface area (Å²) in [5, 5.41) is 14.7. The maximum absolute atomic E-state index is 11.9. The predicted octanol–water partition coefficient (Wildman–Crippen LogP) is 1.35. The van der Waals surface area contributed by atoms with Crippen LogP contribution >= 0.6 is 11.3 Å². The summed E-state index contributed by atoms with van der Waals surface area (Å²) in [6, 6.07) is -0.708. The number of carbonyl (C=O) groups is 2. The first-order valence-corrected chi connectivity index (χ1v) is 6.75. The Bertz CT molecular complexity index is 435. The fourth-order valence-electron chi connectivity index (χ4n) is 2.05. The van der Waals surface area contributed by atoms with Crippen LogP contribution in [0.1, 0.15) is 26.2 Å². The number of amides is 1. The van der Waals surface area contributed by atoms with E-state index in [-0.39, 0.29) is 5.91 Å². The zero-order valence-corrected chi connectivity index (χ0v) is 10.9. The lowest BCUT2D eigenvalue weighted by Gasteiger charge is -2.42. The summed E-state index contributed by atoms with van der Waals surface area (Å²) in [7, 11) is 0. The molecule has 1 aromatic heterocycles. The molecule has 0 bridgehead atoms. The minimum Gasteiger partial charge on any atom is -0.480 e. The number of anilines is 1. The van der Waals surface area contributed by atoms with Gasteiger partial charge in [0.05, 0.1) is 0 Å². The number of carbonyl (C=O) groups excluding carboxylic acids is 1. The molecule has 0 spiro atoms. The third-order valence-electron chi connectivity index (χ3n) is 2.89. The number of aromatic nitrogens is 1. The third-order valence-corrected chi connectivity index (χ3v) is 3.65. The van der Waals surface area contributed by atoms with Gasteiger partial charge in [0.15, 0.2) is 6.04 Å². The summed E-state index contributed by atoms with van der Waals surface area (Å²) in [4.78, 5) is 27.3. The molecule has 98 valence electrons. The zero-order chi connectivity index (χ0) is 13.1. The highest BCUT2D eigenvalue weighted by Gasteiger charge is 2.37. The maximum atomic E-state index is 11.9. The van der Waals surface area contributed by atoms with E-state index in [0.717, 1.165) is 0 Å². The first-order valence-electron chi connectivity index (χ1n) is 5.87. The van der Waals surface area contributed by atoms with E-state index in [0.29, 0.717) is 30.9 Å². The van der Waals surface area contributed by atoms with Crippen LogP contribution in [-0.4, -0.2) is 39.6 Å². The highest BCUT2D eigenvalue weighted by Crippen LogP contribution is 2.28. The van der Waals surface area contributed by atoms with Crippen molar-refractivity contribution < 1.29 is 14.7 Å². The van der Waals surface area contributed by atoms with Crippen molar-refractivity contribution in [1.29, 1.82) is 0 Å². The normalized spacial score (nSPS) is 19.9. The van der Waals surface area contributed by atoms with Gasteiger partial charge in [-0.2, -0.15) is 0 Å². The van der Waals surface area contributed by atoms with E-state index >= 15 is 0 Å². The Hall–Kier alpha value is -1.63. The molecule has 0 saturated carbocycles. The molecule has 6 nitrogen and oxygen atoms in total. The molecule has 18 heavy (non-hydrogen) atoms. The molecule has 1 saturated heterocycles. The summed E-state index contributed by atoms with van der Waals surface area (Å²) in [6.07, 6.45) is 3.20. The molecule has 1 aliphatic rings. The van der Waals surface area contributed by atoms with Crippen LogP contribution in [0.4, 0.5) is 5.13 Å². The lowest BCUT2D eigenvalue weighted by molar-refractivity contribution is -0.142. The number of hydrogen-bond acceptors (Lipinski definition) is 5. The van der Waals surface area contributed by atoms with Gasteiger partial charge in [-0.25, -0.2) is 14.8 Å². The van der Waals surface area contributed by atoms with Crippen molar-refractivity contribution in [2.24, 2.45) is 0 Å². The first kappa shape index (κ1) is 12.8. The molecule has 0 radical (unpaired) electrons. The third kappa shape index (κ3) is 2.31. The van der Waals surface area contributed by atoms with E-state index < -0.39 is 12.0 Å². The van der Waals surface area contributed by atoms with Gasteiger partial charge in [-0.05, 0) is 12.8 Å². The molecule has 1 aromatic rings. The van der Waals surface area contributed by atoms with Crippen molar-refractivity contribution in [2.75, 3.05) is 11.6 Å². The van der Waals surface area contributed by atoms with Crippen molar-refractivity contribution in [3.8, 4) is 0 Å². The molecule has 0 aliphatic carbocycles. The van der Waals surface area contributed by atoms with Crippen LogP contribution in [-0.2, 0) is 9.59 Å². The lowest BCUT2D eigenvalue weighted by Crippen LogP contribution is -2.58. The van der Waals surface area contributed by atoms with Crippen LogP contribution in [0, 0.1) is 0 Å². The molecule has 7 heteroatoms. The lowest BCUT2D eigenvalue weighted by atomic mass is 10.1. The fourth-order valence-corrected chi connectivity index (χ4v) is 2.75. The Morgan fingerprint density at radius 1 is 1.61 bits per heavy atom. The average molecular weight is 269 g/mol. The summed E-state index contributed by atoms with van der Waals surface area (Å²) in [5.41, 5.74) is 0. The highest BCUT2D eigenvalue weighted by molar-refractivity contribution is 7.13. The quantitative estimate of drug-likeness (QED) is 0.896. The van der Waals surface area contributed by atoms with Gasteiger partial charge < -0.3 is 5.11 Å². The SMILES string of the molecule is CCC(=O)N1CCCC(C(=O)O)N1c1nccs1.